The molecule has 78 valence electrons. The van der Waals surface area contributed by atoms with Crippen molar-refractivity contribution in [1.82, 2.24) is 5.32 Å². The second-order valence-electron chi connectivity index (χ2n) is 3.30. The van der Waals surface area contributed by atoms with Crippen LogP contribution in [-0.2, 0) is 0 Å². The minimum Gasteiger partial charge on any atom is -0.313 e. The first kappa shape index (κ1) is 11.8. The average Bonchev–Trinajstić information content (AvgIpc) is 2.15. The van der Waals surface area contributed by atoms with Gasteiger partial charge in [0, 0.05) is 16.1 Å². The lowest BCUT2D eigenvalue weighted by molar-refractivity contribution is 0.542. The van der Waals surface area contributed by atoms with Crippen molar-refractivity contribution in [3.63, 3.8) is 0 Å². The van der Waals surface area contributed by atoms with Crippen LogP contribution in [0.5, 0.6) is 0 Å². The number of benzene rings is 1. The summed E-state index contributed by atoms with van der Waals surface area (Å²) in [4.78, 5) is 0. The zero-order chi connectivity index (χ0) is 10.6. The van der Waals surface area contributed by atoms with Crippen molar-refractivity contribution in [3.05, 3.63) is 33.8 Å². The Kier molecular flexibility index (Phi) is 4.73. The first-order valence-electron chi connectivity index (χ1n) is 4.81. The third kappa shape index (κ3) is 2.88. The highest BCUT2D eigenvalue weighted by Crippen LogP contribution is 2.28. The summed E-state index contributed by atoms with van der Waals surface area (Å²) in [5.41, 5.74) is 1.13. The van der Waals surface area contributed by atoms with Gasteiger partial charge >= 0.3 is 0 Å². The van der Waals surface area contributed by atoms with E-state index in [4.69, 9.17) is 23.2 Å². The van der Waals surface area contributed by atoms with Gasteiger partial charge in [-0.3, -0.25) is 0 Å². The van der Waals surface area contributed by atoms with Gasteiger partial charge < -0.3 is 5.32 Å². The van der Waals surface area contributed by atoms with Gasteiger partial charge in [-0.25, -0.2) is 0 Å². The molecule has 0 spiro atoms. The molecule has 0 radical (unpaired) electrons. The third-order valence-corrected chi connectivity index (χ3v) is 2.83. The first-order valence-corrected chi connectivity index (χ1v) is 5.56. The fraction of sp³-hybridized carbons (Fsp3) is 0.455. The summed E-state index contributed by atoms with van der Waals surface area (Å²) in [7, 11) is 1.95. The molecular weight excluding hydrogens is 217 g/mol. The standard InChI is InChI=1S/C11H15Cl2N/c1-3-4-11(14-2)9-6-5-8(12)7-10(9)13/h5-7,11,14H,3-4H2,1-2H3. The van der Waals surface area contributed by atoms with Gasteiger partial charge in [-0.15, -0.1) is 0 Å². The Bertz CT molecular complexity index is 299. The minimum absolute atomic E-state index is 0.324. The van der Waals surface area contributed by atoms with Crippen LogP contribution in [0.15, 0.2) is 18.2 Å². The SMILES string of the molecule is CCCC(NC)c1ccc(Cl)cc1Cl. The lowest BCUT2D eigenvalue weighted by Gasteiger charge is -2.17. The van der Waals surface area contributed by atoms with Gasteiger partial charge in [-0.2, -0.15) is 0 Å². The van der Waals surface area contributed by atoms with Crippen molar-refractivity contribution in [2.75, 3.05) is 7.05 Å². The maximum absolute atomic E-state index is 6.11. The Morgan fingerprint density at radius 3 is 2.57 bits per heavy atom. The van der Waals surface area contributed by atoms with Gasteiger partial charge in [-0.1, -0.05) is 42.6 Å². The minimum atomic E-state index is 0.324. The maximum atomic E-state index is 6.11. The van der Waals surface area contributed by atoms with E-state index in [-0.39, 0.29) is 0 Å². The monoisotopic (exact) mass is 231 g/mol. The Balaban J connectivity index is 2.92. The van der Waals surface area contributed by atoms with Crippen molar-refractivity contribution in [3.8, 4) is 0 Å². The van der Waals surface area contributed by atoms with Crippen LogP contribution in [-0.4, -0.2) is 7.05 Å². The van der Waals surface area contributed by atoms with Gasteiger partial charge in [-0.05, 0) is 31.2 Å². The van der Waals surface area contributed by atoms with Crippen LogP contribution in [0.1, 0.15) is 31.4 Å². The number of hydrogen-bond acceptors (Lipinski definition) is 1. The Hall–Kier alpha value is -0.240. The summed E-state index contributed by atoms with van der Waals surface area (Å²) in [6.45, 7) is 2.16. The van der Waals surface area contributed by atoms with Crippen molar-refractivity contribution in [2.45, 2.75) is 25.8 Å². The molecule has 1 nitrogen and oxygen atoms in total. The first-order chi connectivity index (χ1) is 6.69. The molecule has 0 aromatic heterocycles. The highest BCUT2D eigenvalue weighted by Gasteiger charge is 2.11. The summed E-state index contributed by atoms with van der Waals surface area (Å²) in [6, 6.07) is 5.98. The van der Waals surface area contributed by atoms with E-state index in [1.54, 1.807) is 6.07 Å². The molecule has 14 heavy (non-hydrogen) atoms. The predicted molar refractivity (Wildman–Crippen MR) is 63.2 cm³/mol. The van der Waals surface area contributed by atoms with Crippen LogP contribution in [0, 0.1) is 0 Å². The van der Waals surface area contributed by atoms with Crippen LogP contribution in [0.4, 0.5) is 0 Å². The summed E-state index contributed by atoms with van der Waals surface area (Å²) in [6.07, 6.45) is 2.21. The van der Waals surface area contributed by atoms with Gasteiger partial charge in [0.2, 0.25) is 0 Å². The fourth-order valence-corrected chi connectivity index (χ4v) is 2.07. The Morgan fingerprint density at radius 1 is 1.36 bits per heavy atom. The number of nitrogens with one attached hydrogen (secondary N) is 1. The predicted octanol–water partition coefficient (Wildman–Crippen LogP) is 4.05. The van der Waals surface area contributed by atoms with Gasteiger partial charge in [0.05, 0.1) is 0 Å². The molecule has 0 aliphatic rings. The van der Waals surface area contributed by atoms with E-state index in [0.29, 0.717) is 11.1 Å². The molecule has 1 aromatic rings. The lowest BCUT2D eigenvalue weighted by atomic mass is 10.0. The molecule has 1 unspecified atom stereocenters. The molecule has 1 N–H and O–H groups in total. The average molecular weight is 232 g/mol. The van der Waals surface area contributed by atoms with Crippen LogP contribution in [0.3, 0.4) is 0 Å². The molecule has 1 rings (SSSR count). The second kappa shape index (κ2) is 5.59. The van der Waals surface area contributed by atoms with E-state index >= 15 is 0 Å². The van der Waals surface area contributed by atoms with Gasteiger partial charge in [0.25, 0.3) is 0 Å². The van der Waals surface area contributed by atoms with Crippen LogP contribution >= 0.6 is 23.2 Å². The second-order valence-corrected chi connectivity index (χ2v) is 4.14. The molecule has 0 heterocycles. The topological polar surface area (TPSA) is 12.0 Å². The molecule has 1 atom stereocenters. The number of halogens is 2. The quantitative estimate of drug-likeness (QED) is 0.825. The van der Waals surface area contributed by atoms with Crippen molar-refractivity contribution in [1.29, 1.82) is 0 Å². The number of hydrogen-bond donors (Lipinski definition) is 1. The lowest BCUT2D eigenvalue weighted by Crippen LogP contribution is -2.16. The van der Waals surface area contributed by atoms with Crippen molar-refractivity contribution >= 4 is 23.2 Å². The molecule has 3 heteroatoms. The molecule has 0 saturated carbocycles. The maximum Gasteiger partial charge on any atom is 0.0468 e. The number of rotatable bonds is 4. The molecular formula is C11H15Cl2N. The summed E-state index contributed by atoms with van der Waals surface area (Å²) in [5, 5.41) is 4.68. The zero-order valence-corrected chi connectivity index (χ0v) is 9.99. The molecule has 0 fully saturated rings. The highest BCUT2D eigenvalue weighted by molar-refractivity contribution is 6.35. The van der Waals surface area contributed by atoms with E-state index in [2.05, 4.69) is 12.2 Å². The summed E-state index contributed by atoms with van der Waals surface area (Å²) >= 11 is 12.0. The van der Waals surface area contributed by atoms with E-state index < -0.39 is 0 Å². The molecule has 0 aliphatic heterocycles. The summed E-state index contributed by atoms with van der Waals surface area (Å²) in [5.74, 6) is 0. The van der Waals surface area contributed by atoms with E-state index in [0.717, 1.165) is 23.4 Å². The van der Waals surface area contributed by atoms with Gasteiger partial charge in [0.1, 0.15) is 0 Å². The van der Waals surface area contributed by atoms with Gasteiger partial charge in [0.15, 0.2) is 0 Å². The largest absolute Gasteiger partial charge is 0.313 e. The summed E-state index contributed by atoms with van der Waals surface area (Å²) < 4.78 is 0. The Morgan fingerprint density at radius 2 is 2.07 bits per heavy atom. The molecule has 1 aromatic carbocycles. The smallest absolute Gasteiger partial charge is 0.0468 e. The van der Waals surface area contributed by atoms with Crippen molar-refractivity contribution in [2.24, 2.45) is 0 Å². The van der Waals surface area contributed by atoms with Crippen LogP contribution < -0.4 is 5.32 Å². The van der Waals surface area contributed by atoms with Crippen molar-refractivity contribution < 1.29 is 0 Å². The molecule has 0 aliphatic carbocycles. The van der Waals surface area contributed by atoms with Crippen LogP contribution in [0.2, 0.25) is 10.0 Å². The van der Waals surface area contributed by atoms with E-state index in [1.165, 1.54) is 0 Å². The zero-order valence-electron chi connectivity index (χ0n) is 8.48. The molecule has 0 saturated heterocycles. The van der Waals surface area contributed by atoms with E-state index in [9.17, 15) is 0 Å². The third-order valence-electron chi connectivity index (χ3n) is 2.26. The molecule has 0 bridgehead atoms. The van der Waals surface area contributed by atoms with E-state index in [1.807, 2.05) is 19.2 Å². The normalized spacial score (nSPS) is 12.9. The fourth-order valence-electron chi connectivity index (χ4n) is 1.53. The highest BCUT2D eigenvalue weighted by atomic mass is 35.5. The Labute approximate surface area is 95.4 Å². The molecule has 0 amide bonds. The van der Waals surface area contributed by atoms with Crippen LogP contribution in [0.25, 0.3) is 0 Å².